The Morgan fingerprint density at radius 3 is 2.61 bits per heavy atom. The molecule has 104 valence electrons. The summed E-state index contributed by atoms with van der Waals surface area (Å²) in [6.45, 7) is 3.12. The van der Waals surface area contributed by atoms with E-state index in [1.807, 2.05) is 0 Å². The van der Waals surface area contributed by atoms with Crippen LogP contribution in [0, 0.1) is 0 Å². The van der Waals surface area contributed by atoms with Crippen LogP contribution in [-0.4, -0.2) is 59.6 Å². The first-order valence-electron chi connectivity index (χ1n) is 7.35. The summed E-state index contributed by atoms with van der Waals surface area (Å²) in [6.07, 6.45) is 8.10. The molecule has 0 saturated carbocycles. The summed E-state index contributed by atoms with van der Waals surface area (Å²) in [6, 6.07) is 0.433. The molecule has 2 unspecified atom stereocenters. The average molecular weight is 254 g/mol. The Bertz CT molecular complexity index is 283. The normalized spacial score (nSPS) is 31.4. The smallest absolute Gasteiger partial charge is 0.320 e. The van der Waals surface area contributed by atoms with Crippen molar-refractivity contribution >= 4 is 5.97 Å². The second-order valence-corrected chi connectivity index (χ2v) is 5.80. The topological polar surface area (TPSA) is 43.8 Å². The highest BCUT2D eigenvalue weighted by atomic mass is 16.4. The number of carbonyl (C=O) groups is 1. The number of aliphatic carboxylic acids is 1. The zero-order valence-electron chi connectivity index (χ0n) is 11.5. The van der Waals surface area contributed by atoms with Crippen LogP contribution >= 0.6 is 0 Å². The molecule has 0 aromatic rings. The molecule has 0 aromatic carbocycles. The molecule has 0 aromatic heterocycles. The van der Waals surface area contributed by atoms with Gasteiger partial charge in [-0.3, -0.25) is 9.69 Å². The predicted octanol–water partition coefficient (Wildman–Crippen LogP) is 1.80. The molecule has 1 N–H and O–H groups in total. The fourth-order valence-corrected chi connectivity index (χ4v) is 3.36. The predicted molar refractivity (Wildman–Crippen MR) is 71.7 cm³/mol. The quantitative estimate of drug-likeness (QED) is 0.831. The van der Waals surface area contributed by atoms with Gasteiger partial charge in [0.15, 0.2) is 0 Å². The summed E-state index contributed by atoms with van der Waals surface area (Å²) in [4.78, 5) is 15.9. The van der Waals surface area contributed by atoms with E-state index >= 15 is 0 Å². The number of carboxylic acid groups (broad SMARTS) is 1. The lowest BCUT2D eigenvalue weighted by atomic mass is 9.97. The Morgan fingerprint density at radius 2 is 1.89 bits per heavy atom. The van der Waals surface area contributed by atoms with Gasteiger partial charge in [-0.1, -0.05) is 12.8 Å². The van der Waals surface area contributed by atoms with E-state index in [4.69, 9.17) is 0 Å². The lowest BCUT2D eigenvalue weighted by molar-refractivity contribution is -0.144. The van der Waals surface area contributed by atoms with Crippen LogP contribution in [0.5, 0.6) is 0 Å². The number of nitrogens with zero attached hydrogens (tertiary/aromatic N) is 2. The minimum atomic E-state index is -0.633. The van der Waals surface area contributed by atoms with Gasteiger partial charge in [-0.15, -0.1) is 0 Å². The van der Waals surface area contributed by atoms with Crippen LogP contribution in [0.4, 0.5) is 0 Å². The summed E-state index contributed by atoms with van der Waals surface area (Å²) < 4.78 is 0. The van der Waals surface area contributed by atoms with Crippen molar-refractivity contribution < 1.29 is 9.90 Å². The van der Waals surface area contributed by atoms with Crippen LogP contribution in [0.15, 0.2) is 0 Å². The molecule has 2 atom stereocenters. The summed E-state index contributed by atoms with van der Waals surface area (Å²) in [5.74, 6) is -0.633. The molecule has 0 bridgehead atoms. The Hall–Kier alpha value is -0.610. The van der Waals surface area contributed by atoms with Gasteiger partial charge in [0.2, 0.25) is 0 Å². The van der Waals surface area contributed by atoms with Gasteiger partial charge in [0, 0.05) is 12.6 Å². The van der Waals surface area contributed by atoms with Gasteiger partial charge in [0.05, 0.1) is 0 Å². The Kier molecular flexibility index (Phi) is 5.01. The van der Waals surface area contributed by atoms with Crippen molar-refractivity contribution in [2.45, 2.75) is 57.0 Å². The largest absolute Gasteiger partial charge is 0.480 e. The summed E-state index contributed by atoms with van der Waals surface area (Å²) in [7, 11) is 2.20. The lowest BCUT2D eigenvalue weighted by Gasteiger charge is -2.37. The fraction of sp³-hybridized carbons (Fsp3) is 0.929. The van der Waals surface area contributed by atoms with Crippen molar-refractivity contribution in [3.8, 4) is 0 Å². The van der Waals surface area contributed by atoms with Crippen molar-refractivity contribution in [1.82, 2.24) is 9.80 Å². The van der Waals surface area contributed by atoms with Crippen molar-refractivity contribution in [2.24, 2.45) is 0 Å². The van der Waals surface area contributed by atoms with Crippen LogP contribution in [0.25, 0.3) is 0 Å². The second-order valence-electron chi connectivity index (χ2n) is 5.80. The van der Waals surface area contributed by atoms with E-state index in [0.717, 1.165) is 38.8 Å². The zero-order valence-corrected chi connectivity index (χ0v) is 11.5. The molecule has 2 aliphatic rings. The Morgan fingerprint density at radius 1 is 1.17 bits per heavy atom. The number of piperidine rings is 2. The van der Waals surface area contributed by atoms with Crippen LogP contribution in [0.3, 0.4) is 0 Å². The monoisotopic (exact) mass is 254 g/mol. The molecular formula is C14H26N2O2. The maximum atomic E-state index is 11.2. The molecule has 0 spiro atoms. The molecule has 18 heavy (non-hydrogen) atoms. The molecule has 2 saturated heterocycles. The maximum absolute atomic E-state index is 11.2. The Balaban J connectivity index is 1.81. The van der Waals surface area contributed by atoms with Gasteiger partial charge in [0.1, 0.15) is 6.04 Å². The van der Waals surface area contributed by atoms with Crippen LogP contribution in [0.2, 0.25) is 0 Å². The molecule has 0 amide bonds. The van der Waals surface area contributed by atoms with Crippen LogP contribution < -0.4 is 0 Å². The van der Waals surface area contributed by atoms with Crippen LogP contribution in [-0.2, 0) is 4.79 Å². The van der Waals surface area contributed by atoms with Crippen molar-refractivity contribution in [2.75, 3.05) is 26.7 Å². The number of carboxylic acids is 1. The van der Waals surface area contributed by atoms with E-state index in [0.29, 0.717) is 6.04 Å². The Labute approximate surface area is 110 Å². The molecule has 2 fully saturated rings. The van der Waals surface area contributed by atoms with Crippen molar-refractivity contribution in [1.29, 1.82) is 0 Å². The number of hydrogen-bond acceptors (Lipinski definition) is 3. The minimum absolute atomic E-state index is 0.229. The van der Waals surface area contributed by atoms with Crippen molar-refractivity contribution in [3.05, 3.63) is 0 Å². The van der Waals surface area contributed by atoms with E-state index in [9.17, 15) is 9.90 Å². The third kappa shape index (κ3) is 3.45. The second kappa shape index (κ2) is 6.53. The number of rotatable bonds is 4. The summed E-state index contributed by atoms with van der Waals surface area (Å²) in [5, 5.41) is 9.25. The minimum Gasteiger partial charge on any atom is -0.480 e. The fourth-order valence-electron chi connectivity index (χ4n) is 3.36. The van der Waals surface area contributed by atoms with Crippen molar-refractivity contribution in [3.63, 3.8) is 0 Å². The summed E-state index contributed by atoms with van der Waals surface area (Å²) >= 11 is 0. The lowest BCUT2D eigenvalue weighted by Crippen LogP contribution is -2.47. The maximum Gasteiger partial charge on any atom is 0.320 e. The standard InChI is InChI=1S/C14H26N2O2/c1-15-9-4-2-6-12(15)8-11-16-10-5-3-7-13(16)14(17)18/h12-13H,2-11H2,1H3,(H,17,18). The number of hydrogen-bond donors (Lipinski definition) is 1. The van der Waals surface area contributed by atoms with E-state index < -0.39 is 5.97 Å². The molecule has 0 radical (unpaired) electrons. The van der Waals surface area contributed by atoms with Gasteiger partial charge in [-0.2, -0.15) is 0 Å². The molecule has 2 heterocycles. The molecule has 2 aliphatic heterocycles. The zero-order chi connectivity index (χ0) is 13.0. The van der Waals surface area contributed by atoms with E-state index in [1.54, 1.807) is 0 Å². The average Bonchev–Trinajstić information content (AvgIpc) is 2.38. The molecular weight excluding hydrogens is 228 g/mol. The third-order valence-electron chi connectivity index (χ3n) is 4.57. The third-order valence-corrected chi connectivity index (χ3v) is 4.57. The molecule has 2 rings (SSSR count). The number of likely N-dealkylation sites (tertiary alicyclic amines) is 2. The first kappa shape index (κ1) is 13.8. The SMILES string of the molecule is CN1CCCCC1CCN1CCCCC1C(=O)O. The van der Waals surface area contributed by atoms with Crippen LogP contribution in [0.1, 0.15) is 44.9 Å². The molecule has 4 heteroatoms. The van der Waals surface area contributed by atoms with E-state index in [1.165, 1.54) is 25.8 Å². The van der Waals surface area contributed by atoms with Gasteiger partial charge in [-0.25, -0.2) is 0 Å². The van der Waals surface area contributed by atoms with E-state index in [2.05, 4.69) is 16.8 Å². The van der Waals surface area contributed by atoms with Gasteiger partial charge >= 0.3 is 5.97 Å². The first-order chi connectivity index (χ1) is 8.68. The molecule has 0 aliphatic carbocycles. The van der Waals surface area contributed by atoms with E-state index in [-0.39, 0.29) is 6.04 Å². The highest BCUT2D eigenvalue weighted by Gasteiger charge is 2.29. The van der Waals surface area contributed by atoms with Gasteiger partial charge < -0.3 is 10.0 Å². The van der Waals surface area contributed by atoms with Gasteiger partial charge in [0.25, 0.3) is 0 Å². The molecule has 4 nitrogen and oxygen atoms in total. The first-order valence-corrected chi connectivity index (χ1v) is 7.35. The van der Waals surface area contributed by atoms with Gasteiger partial charge in [-0.05, 0) is 52.2 Å². The summed E-state index contributed by atoms with van der Waals surface area (Å²) in [5.41, 5.74) is 0. The highest BCUT2D eigenvalue weighted by molar-refractivity contribution is 5.73. The highest BCUT2D eigenvalue weighted by Crippen LogP contribution is 2.21.